The molecule has 0 spiro atoms. The summed E-state index contributed by atoms with van der Waals surface area (Å²) in [4.78, 5) is 25.1. The number of fused-ring (bicyclic) bond motifs is 2. The first-order chi connectivity index (χ1) is 13.8. The fraction of sp³-hybridized carbons (Fsp3) is 0.0909. The zero-order valence-corrected chi connectivity index (χ0v) is 16.2. The Morgan fingerprint density at radius 3 is 2.31 bits per heavy atom. The van der Waals surface area contributed by atoms with Gasteiger partial charge in [0.15, 0.2) is 5.78 Å². The normalized spacial score (nSPS) is 15.2. The van der Waals surface area contributed by atoms with E-state index in [0.717, 1.165) is 0 Å². The lowest BCUT2D eigenvalue weighted by atomic mass is 10.0. The van der Waals surface area contributed by atoms with Crippen molar-refractivity contribution < 1.29 is 22.4 Å². The van der Waals surface area contributed by atoms with E-state index in [-0.39, 0.29) is 32.3 Å². The Labute approximate surface area is 167 Å². The SMILES string of the molecule is C[C@H](NC(=O)c1ccc2c(c1)S(=O)(=O)c1ccccc1C2=O)c1ccc(F)cc1. The van der Waals surface area contributed by atoms with Gasteiger partial charge < -0.3 is 5.32 Å². The predicted octanol–water partition coefficient (Wildman–Crippen LogP) is 3.69. The number of hydrogen-bond donors (Lipinski definition) is 1. The van der Waals surface area contributed by atoms with Gasteiger partial charge in [0.05, 0.1) is 15.8 Å². The zero-order chi connectivity index (χ0) is 20.8. The number of benzene rings is 3. The smallest absolute Gasteiger partial charge is 0.251 e. The van der Waals surface area contributed by atoms with Crippen LogP contribution in [0.1, 0.15) is 44.8 Å². The van der Waals surface area contributed by atoms with Crippen molar-refractivity contribution in [2.24, 2.45) is 0 Å². The Hall–Kier alpha value is -3.32. The molecule has 0 fully saturated rings. The largest absolute Gasteiger partial charge is 0.346 e. The topological polar surface area (TPSA) is 80.3 Å². The van der Waals surface area contributed by atoms with Crippen LogP contribution in [0.25, 0.3) is 0 Å². The standard InChI is InChI=1S/C22H16FNO4S/c1-13(14-6-9-16(23)10-7-14)24-22(26)15-8-11-18-20(12-15)29(27,28)19-5-3-2-4-17(19)21(18)25/h2-13H,1H3,(H,24,26)/t13-/m0/s1. The zero-order valence-electron chi connectivity index (χ0n) is 15.3. The molecule has 0 saturated heterocycles. The number of nitrogens with one attached hydrogen (secondary N) is 1. The van der Waals surface area contributed by atoms with E-state index in [1.807, 2.05) is 0 Å². The van der Waals surface area contributed by atoms with Crippen LogP contribution in [-0.4, -0.2) is 20.1 Å². The average molecular weight is 409 g/mol. The second-order valence-corrected chi connectivity index (χ2v) is 8.67. The average Bonchev–Trinajstić information content (AvgIpc) is 2.72. The minimum Gasteiger partial charge on any atom is -0.346 e. The summed E-state index contributed by atoms with van der Waals surface area (Å²) in [5.41, 5.74) is 0.997. The maximum absolute atomic E-state index is 13.1. The Balaban J connectivity index is 1.68. The van der Waals surface area contributed by atoms with Crippen molar-refractivity contribution in [1.82, 2.24) is 5.32 Å². The van der Waals surface area contributed by atoms with Crippen LogP contribution in [0.2, 0.25) is 0 Å². The summed E-state index contributed by atoms with van der Waals surface area (Å²) in [6.07, 6.45) is 0. The highest BCUT2D eigenvalue weighted by Gasteiger charge is 2.35. The predicted molar refractivity (Wildman–Crippen MR) is 104 cm³/mol. The first-order valence-electron chi connectivity index (χ1n) is 8.88. The highest BCUT2D eigenvalue weighted by Crippen LogP contribution is 2.34. The molecule has 29 heavy (non-hydrogen) atoms. The summed E-state index contributed by atoms with van der Waals surface area (Å²) in [5.74, 6) is -1.26. The highest BCUT2D eigenvalue weighted by molar-refractivity contribution is 7.91. The quantitative estimate of drug-likeness (QED) is 0.560. The summed E-state index contributed by atoms with van der Waals surface area (Å²) >= 11 is 0. The molecule has 7 heteroatoms. The van der Waals surface area contributed by atoms with E-state index in [2.05, 4.69) is 5.32 Å². The van der Waals surface area contributed by atoms with Crippen molar-refractivity contribution in [3.05, 3.63) is 94.8 Å². The molecule has 0 saturated carbocycles. The third kappa shape index (κ3) is 3.23. The molecule has 5 nitrogen and oxygen atoms in total. The third-order valence-electron chi connectivity index (χ3n) is 4.92. The van der Waals surface area contributed by atoms with Gasteiger partial charge in [0.1, 0.15) is 5.82 Å². The van der Waals surface area contributed by atoms with E-state index in [1.54, 1.807) is 31.2 Å². The van der Waals surface area contributed by atoms with Gasteiger partial charge in [0.25, 0.3) is 5.91 Å². The van der Waals surface area contributed by atoms with Crippen LogP contribution >= 0.6 is 0 Å². The second-order valence-electron chi connectivity index (χ2n) is 6.79. The first kappa shape index (κ1) is 19.0. The number of amides is 1. The minimum absolute atomic E-state index is 0.0480. The molecule has 0 aliphatic carbocycles. The van der Waals surface area contributed by atoms with Crippen molar-refractivity contribution in [1.29, 1.82) is 0 Å². The Morgan fingerprint density at radius 2 is 1.59 bits per heavy atom. The van der Waals surface area contributed by atoms with Crippen LogP contribution < -0.4 is 5.32 Å². The first-order valence-corrected chi connectivity index (χ1v) is 10.4. The molecular formula is C22H16FNO4S. The molecule has 4 rings (SSSR count). The molecule has 1 heterocycles. The van der Waals surface area contributed by atoms with Crippen LogP contribution in [0.4, 0.5) is 4.39 Å². The number of hydrogen-bond acceptors (Lipinski definition) is 4. The summed E-state index contributed by atoms with van der Waals surface area (Å²) in [6.45, 7) is 1.74. The van der Waals surface area contributed by atoms with E-state index in [9.17, 15) is 22.4 Å². The molecular weight excluding hydrogens is 393 g/mol. The van der Waals surface area contributed by atoms with Gasteiger partial charge in [-0.25, -0.2) is 12.8 Å². The van der Waals surface area contributed by atoms with Crippen LogP contribution in [0.5, 0.6) is 0 Å². The van der Waals surface area contributed by atoms with Gasteiger partial charge in [0.2, 0.25) is 9.84 Å². The second kappa shape index (κ2) is 6.93. The highest BCUT2D eigenvalue weighted by atomic mass is 32.2. The molecule has 0 radical (unpaired) electrons. The van der Waals surface area contributed by atoms with Gasteiger partial charge in [-0.15, -0.1) is 0 Å². The number of rotatable bonds is 3. The van der Waals surface area contributed by atoms with E-state index in [0.29, 0.717) is 5.56 Å². The Morgan fingerprint density at radius 1 is 0.931 bits per heavy atom. The fourth-order valence-electron chi connectivity index (χ4n) is 3.34. The van der Waals surface area contributed by atoms with Crippen molar-refractivity contribution >= 4 is 21.5 Å². The van der Waals surface area contributed by atoms with Gasteiger partial charge in [-0.1, -0.05) is 24.3 Å². The molecule has 0 aromatic heterocycles. The van der Waals surface area contributed by atoms with Crippen molar-refractivity contribution in [3.63, 3.8) is 0 Å². The lowest BCUT2D eigenvalue weighted by Gasteiger charge is -2.20. The molecule has 146 valence electrons. The van der Waals surface area contributed by atoms with Gasteiger partial charge in [0, 0.05) is 16.7 Å². The summed E-state index contributed by atoms with van der Waals surface area (Å²) in [6, 6.07) is 15.3. The van der Waals surface area contributed by atoms with Gasteiger partial charge in [-0.3, -0.25) is 9.59 Å². The molecule has 1 amide bonds. The van der Waals surface area contributed by atoms with Crippen LogP contribution in [0, 0.1) is 5.82 Å². The fourth-order valence-corrected chi connectivity index (χ4v) is 5.02. The Kier molecular flexibility index (Phi) is 4.55. The lowest BCUT2D eigenvalue weighted by molar-refractivity contribution is 0.0938. The molecule has 3 aromatic carbocycles. The molecule has 1 atom stereocenters. The molecule has 3 aromatic rings. The Bertz CT molecular complexity index is 1250. The number of halogens is 1. The monoisotopic (exact) mass is 409 g/mol. The summed E-state index contributed by atoms with van der Waals surface area (Å²) in [5, 5.41) is 2.76. The number of sulfone groups is 1. The molecule has 0 bridgehead atoms. The third-order valence-corrected chi connectivity index (χ3v) is 6.77. The van der Waals surface area contributed by atoms with Crippen molar-refractivity contribution in [2.45, 2.75) is 22.8 Å². The van der Waals surface area contributed by atoms with Crippen molar-refractivity contribution in [3.8, 4) is 0 Å². The number of ketones is 1. The lowest BCUT2D eigenvalue weighted by Crippen LogP contribution is -2.27. The van der Waals surface area contributed by atoms with Gasteiger partial charge >= 0.3 is 0 Å². The summed E-state index contributed by atoms with van der Waals surface area (Å²) < 4.78 is 39.0. The molecule has 1 aliphatic rings. The van der Waals surface area contributed by atoms with Gasteiger partial charge in [-0.2, -0.15) is 0 Å². The van der Waals surface area contributed by atoms with Crippen LogP contribution in [0.15, 0.2) is 76.5 Å². The number of carbonyl (C=O) groups is 2. The maximum Gasteiger partial charge on any atom is 0.251 e. The van der Waals surface area contributed by atoms with E-state index in [4.69, 9.17) is 0 Å². The van der Waals surface area contributed by atoms with Crippen molar-refractivity contribution in [2.75, 3.05) is 0 Å². The minimum atomic E-state index is -3.92. The van der Waals surface area contributed by atoms with Crippen LogP contribution in [-0.2, 0) is 9.84 Å². The molecule has 1 aliphatic heterocycles. The van der Waals surface area contributed by atoms with Gasteiger partial charge in [-0.05, 0) is 55.0 Å². The maximum atomic E-state index is 13.1. The molecule has 0 unspecified atom stereocenters. The summed E-state index contributed by atoms with van der Waals surface area (Å²) in [7, 11) is -3.92. The van der Waals surface area contributed by atoms with E-state index >= 15 is 0 Å². The van der Waals surface area contributed by atoms with E-state index < -0.39 is 27.6 Å². The van der Waals surface area contributed by atoms with Crippen LogP contribution in [0.3, 0.4) is 0 Å². The molecule has 1 N–H and O–H groups in total. The van der Waals surface area contributed by atoms with E-state index in [1.165, 1.54) is 42.5 Å². The number of carbonyl (C=O) groups excluding carboxylic acids is 2.